The molecule has 0 spiro atoms. The maximum absolute atomic E-state index is 13.9. The Balaban J connectivity index is 1.28. The number of piperazine rings is 1. The van der Waals surface area contributed by atoms with Gasteiger partial charge in [-0.1, -0.05) is 60.2 Å². The van der Waals surface area contributed by atoms with Gasteiger partial charge in [-0.2, -0.15) is 5.10 Å². The predicted molar refractivity (Wildman–Crippen MR) is 175 cm³/mol. The average molecular weight is 603 g/mol. The number of fused-ring (bicyclic) bond motifs is 1. The van der Waals surface area contributed by atoms with Gasteiger partial charge >= 0.3 is 0 Å². The van der Waals surface area contributed by atoms with Crippen molar-refractivity contribution >= 4 is 26.7 Å². The molecule has 6 aromatic rings. The van der Waals surface area contributed by atoms with E-state index in [4.69, 9.17) is 4.98 Å². The Bertz CT molecular complexity index is 2010. The minimum Gasteiger partial charge on any atom is -0.369 e. The topological polar surface area (TPSA) is 85.0 Å². The van der Waals surface area contributed by atoms with Gasteiger partial charge in [0.25, 0.3) is 10.0 Å². The summed E-state index contributed by atoms with van der Waals surface area (Å²) in [7, 11) is -3.89. The quantitative estimate of drug-likeness (QED) is 0.238. The van der Waals surface area contributed by atoms with Crippen LogP contribution in [-0.2, 0) is 23.0 Å². The zero-order chi connectivity index (χ0) is 30.1. The van der Waals surface area contributed by atoms with Crippen LogP contribution >= 0.6 is 0 Å². The van der Waals surface area contributed by atoms with E-state index >= 15 is 0 Å². The molecular formula is C35H34N6O2S. The first-order chi connectivity index (χ1) is 21.5. The Hall–Kier alpha value is -4.73. The summed E-state index contributed by atoms with van der Waals surface area (Å²) < 4.78 is 31.0. The monoisotopic (exact) mass is 602 g/mol. The van der Waals surface area contributed by atoms with Crippen LogP contribution in [0.25, 0.3) is 33.3 Å². The molecule has 0 bridgehead atoms. The number of anilines is 1. The van der Waals surface area contributed by atoms with Crippen molar-refractivity contribution in [3.63, 3.8) is 0 Å². The van der Waals surface area contributed by atoms with Crippen LogP contribution in [0.15, 0.2) is 115 Å². The van der Waals surface area contributed by atoms with Gasteiger partial charge < -0.3 is 10.2 Å². The van der Waals surface area contributed by atoms with Crippen molar-refractivity contribution in [2.45, 2.75) is 24.8 Å². The Labute approximate surface area is 257 Å². The van der Waals surface area contributed by atoms with Crippen molar-refractivity contribution in [1.82, 2.24) is 24.1 Å². The van der Waals surface area contributed by atoms with Crippen molar-refractivity contribution in [3.05, 3.63) is 121 Å². The van der Waals surface area contributed by atoms with Gasteiger partial charge in [0, 0.05) is 79.1 Å². The van der Waals surface area contributed by atoms with Crippen molar-refractivity contribution < 1.29 is 8.42 Å². The molecule has 3 aromatic carbocycles. The van der Waals surface area contributed by atoms with Gasteiger partial charge in [0.15, 0.2) is 5.65 Å². The van der Waals surface area contributed by atoms with Crippen LogP contribution in [0.1, 0.15) is 11.1 Å². The minimum atomic E-state index is -3.89. The van der Waals surface area contributed by atoms with E-state index in [0.29, 0.717) is 12.2 Å². The fourth-order valence-electron chi connectivity index (χ4n) is 5.78. The highest BCUT2D eigenvalue weighted by Gasteiger charge is 2.24. The molecule has 0 saturated carbocycles. The lowest BCUT2D eigenvalue weighted by molar-refractivity contribution is 0.588. The summed E-state index contributed by atoms with van der Waals surface area (Å²) >= 11 is 0. The number of aromatic nitrogens is 4. The molecule has 8 nitrogen and oxygen atoms in total. The lowest BCUT2D eigenvalue weighted by Gasteiger charge is -2.29. The van der Waals surface area contributed by atoms with Gasteiger partial charge in [-0.05, 0) is 54.8 Å². The average Bonchev–Trinajstić information content (AvgIpc) is 3.70. The van der Waals surface area contributed by atoms with Crippen LogP contribution in [0.2, 0.25) is 0 Å². The van der Waals surface area contributed by atoms with Crippen molar-refractivity contribution in [1.29, 1.82) is 0 Å². The molecule has 4 heterocycles. The standard InChI is InChI=1S/C35H34N6O2S/c1-26-7-13-32(14-8-26)44(42,43)41-25-34(30-23-38-40(24-30)18-15-27-5-3-2-4-6-27)33-21-29(22-37-35(33)41)28-9-11-31(12-10-28)39-19-16-36-17-20-39/h2-14,21-25,36H,15-20H2,1H3. The van der Waals surface area contributed by atoms with Gasteiger partial charge in [0.2, 0.25) is 0 Å². The SMILES string of the molecule is Cc1ccc(S(=O)(=O)n2cc(-c3cnn(CCc4ccccc4)c3)c3cc(-c4ccc(N5CCNCC5)cc4)cnc32)cc1. The summed E-state index contributed by atoms with van der Waals surface area (Å²) in [6.45, 7) is 6.59. The Morgan fingerprint density at radius 1 is 0.818 bits per heavy atom. The molecule has 0 amide bonds. The molecule has 222 valence electrons. The fourth-order valence-corrected chi connectivity index (χ4v) is 7.10. The molecule has 1 saturated heterocycles. The largest absolute Gasteiger partial charge is 0.369 e. The zero-order valence-corrected chi connectivity index (χ0v) is 25.4. The normalized spacial score (nSPS) is 13.9. The summed E-state index contributed by atoms with van der Waals surface area (Å²) in [5, 5.41) is 8.77. The van der Waals surface area contributed by atoms with Crippen molar-refractivity contribution in [2.75, 3.05) is 31.1 Å². The number of rotatable bonds is 8. The first-order valence-corrected chi connectivity index (χ1v) is 16.4. The van der Waals surface area contributed by atoms with Gasteiger partial charge in [-0.25, -0.2) is 17.4 Å². The smallest absolute Gasteiger partial charge is 0.269 e. The molecular weight excluding hydrogens is 568 g/mol. The Kier molecular flexibility index (Phi) is 7.49. The van der Waals surface area contributed by atoms with E-state index in [1.54, 1.807) is 30.7 Å². The summed E-state index contributed by atoms with van der Waals surface area (Å²) in [4.78, 5) is 7.35. The summed E-state index contributed by atoms with van der Waals surface area (Å²) in [5.74, 6) is 0. The summed E-state index contributed by atoms with van der Waals surface area (Å²) in [5.41, 5.74) is 7.38. The van der Waals surface area contributed by atoms with Crippen molar-refractivity contribution in [2.24, 2.45) is 0 Å². The van der Waals surface area contributed by atoms with Crippen LogP contribution in [0.5, 0.6) is 0 Å². The number of nitrogens with one attached hydrogen (secondary N) is 1. The highest BCUT2D eigenvalue weighted by Crippen LogP contribution is 2.35. The van der Waals surface area contributed by atoms with E-state index in [1.807, 2.05) is 54.2 Å². The van der Waals surface area contributed by atoms with Crippen LogP contribution in [0, 0.1) is 6.92 Å². The van der Waals surface area contributed by atoms with E-state index in [1.165, 1.54) is 15.2 Å². The molecule has 1 fully saturated rings. The molecule has 7 rings (SSSR count). The second-order valence-electron chi connectivity index (χ2n) is 11.3. The molecule has 0 unspecified atom stereocenters. The number of aryl methyl sites for hydroxylation is 3. The van der Waals surface area contributed by atoms with Gasteiger partial charge in [-0.3, -0.25) is 4.68 Å². The maximum Gasteiger partial charge on any atom is 0.269 e. The third-order valence-corrected chi connectivity index (χ3v) is 9.95. The van der Waals surface area contributed by atoms with Crippen molar-refractivity contribution in [3.8, 4) is 22.3 Å². The first-order valence-electron chi connectivity index (χ1n) is 14.9. The summed E-state index contributed by atoms with van der Waals surface area (Å²) in [6, 6.07) is 27.8. The van der Waals surface area contributed by atoms with Crippen LogP contribution in [0.3, 0.4) is 0 Å². The zero-order valence-electron chi connectivity index (χ0n) is 24.6. The number of hydrogen-bond acceptors (Lipinski definition) is 6. The molecule has 44 heavy (non-hydrogen) atoms. The third-order valence-electron chi connectivity index (χ3n) is 8.29. The Morgan fingerprint density at radius 3 is 2.32 bits per heavy atom. The van der Waals surface area contributed by atoms with E-state index in [0.717, 1.165) is 65.8 Å². The lowest BCUT2D eigenvalue weighted by Crippen LogP contribution is -2.43. The molecule has 3 aromatic heterocycles. The highest BCUT2D eigenvalue weighted by molar-refractivity contribution is 7.90. The molecule has 9 heteroatoms. The number of hydrogen-bond donors (Lipinski definition) is 1. The first kappa shape index (κ1) is 28.1. The van der Waals surface area contributed by atoms with E-state index in [-0.39, 0.29) is 4.90 Å². The number of pyridine rings is 1. The van der Waals surface area contributed by atoms with E-state index < -0.39 is 10.0 Å². The van der Waals surface area contributed by atoms with Crippen LogP contribution < -0.4 is 10.2 Å². The predicted octanol–water partition coefficient (Wildman–Crippen LogP) is 5.76. The molecule has 0 atom stereocenters. The minimum absolute atomic E-state index is 0.222. The Morgan fingerprint density at radius 2 is 1.57 bits per heavy atom. The van der Waals surface area contributed by atoms with E-state index in [9.17, 15) is 8.42 Å². The van der Waals surface area contributed by atoms with Crippen LogP contribution in [0.4, 0.5) is 5.69 Å². The number of nitrogens with zero attached hydrogens (tertiary/aromatic N) is 5. The second-order valence-corrected chi connectivity index (χ2v) is 13.1. The summed E-state index contributed by atoms with van der Waals surface area (Å²) in [6.07, 6.45) is 8.08. The highest BCUT2D eigenvalue weighted by atomic mass is 32.2. The van der Waals surface area contributed by atoms with E-state index in [2.05, 4.69) is 51.7 Å². The van der Waals surface area contributed by atoms with Gasteiger partial charge in [0.05, 0.1) is 11.1 Å². The van der Waals surface area contributed by atoms with Gasteiger partial charge in [-0.15, -0.1) is 0 Å². The molecule has 0 aliphatic carbocycles. The molecule has 1 aliphatic heterocycles. The van der Waals surface area contributed by atoms with Gasteiger partial charge in [0.1, 0.15) is 0 Å². The molecule has 0 radical (unpaired) electrons. The van der Waals surface area contributed by atoms with Crippen LogP contribution in [-0.4, -0.2) is 53.3 Å². The molecule has 1 aliphatic rings. The lowest BCUT2D eigenvalue weighted by atomic mass is 10.0. The molecule has 1 N–H and O–H groups in total. The number of benzene rings is 3. The maximum atomic E-state index is 13.9. The third kappa shape index (κ3) is 5.52. The fraction of sp³-hybridized carbons (Fsp3) is 0.200. The second kappa shape index (κ2) is 11.7.